The molecule has 2 N–H and O–H groups in total. The monoisotopic (exact) mass is 282 g/mol. The second-order valence-corrected chi connectivity index (χ2v) is 5.12. The Bertz CT molecular complexity index is 608. The van der Waals surface area contributed by atoms with Gasteiger partial charge in [0.25, 0.3) is 5.91 Å². The van der Waals surface area contributed by atoms with Gasteiger partial charge in [-0.15, -0.1) is 0 Å². The standard InChI is InChI=1S/C18H22N2O/c1-4-17(14-8-6-5-7-9-14)20-18(21)16-11-10-15(19-3)12-13(16)2/h5-12,17,19H,4H2,1-3H3,(H,20,21). The minimum Gasteiger partial charge on any atom is -0.388 e. The summed E-state index contributed by atoms with van der Waals surface area (Å²) in [6.07, 6.45) is 0.864. The van der Waals surface area contributed by atoms with E-state index in [4.69, 9.17) is 0 Å². The highest BCUT2D eigenvalue weighted by Gasteiger charge is 2.15. The fourth-order valence-corrected chi connectivity index (χ4v) is 2.42. The largest absolute Gasteiger partial charge is 0.388 e. The molecule has 3 heteroatoms. The number of carbonyl (C=O) groups excluding carboxylic acids is 1. The molecule has 1 unspecified atom stereocenters. The molecule has 21 heavy (non-hydrogen) atoms. The zero-order valence-electron chi connectivity index (χ0n) is 12.8. The third-order valence-electron chi connectivity index (χ3n) is 3.68. The summed E-state index contributed by atoms with van der Waals surface area (Å²) >= 11 is 0. The molecule has 0 bridgehead atoms. The van der Waals surface area contributed by atoms with Crippen molar-refractivity contribution in [2.75, 3.05) is 12.4 Å². The van der Waals surface area contributed by atoms with Crippen molar-refractivity contribution < 1.29 is 4.79 Å². The normalized spacial score (nSPS) is 11.8. The molecule has 0 aliphatic rings. The zero-order chi connectivity index (χ0) is 15.2. The molecule has 0 fully saturated rings. The molecule has 0 aliphatic heterocycles. The molecule has 1 amide bonds. The minimum absolute atomic E-state index is 0.0224. The number of rotatable bonds is 5. The van der Waals surface area contributed by atoms with Crippen molar-refractivity contribution in [2.45, 2.75) is 26.3 Å². The summed E-state index contributed by atoms with van der Waals surface area (Å²) in [5.41, 5.74) is 3.85. The van der Waals surface area contributed by atoms with E-state index in [1.54, 1.807) is 0 Å². The zero-order valence-corrected chi connectivity index (χ0v) is 12.8. The van der Waals surface area contributed by atoms with Crippen LogP contribution in [-0.4, -0.2) is 13.0 Å². The topological polar surface area (TPSA) is 41.1 Å². The van der Waals surface area contributed by atoms with Gasteiger partial charge in [-0.25, -0.2) is 0 Å². The van der Waals surface area contributed by atoms with Gasteiger partial charge in [-0.3, -0.25) is 4.79 Å². The van der Waals surface area contributed by atoms with Crippen molar-refractivity contribution in [3.8, 4) is 0 Å². The van der Waals surface area contributed by atoms with Gasteiger partial charge in [0.2, 0.25) is 0 Å². The molecule has 2 rings (SSSR count). The van der Waals surface area contributed by atoms with Crippen LogP contribution in [0.15, 0.2) is 48.5 Å². The average Bonchev–Trinajstić information content (AvgIpc) is 2.53. The summed E-state index contributed by atoms with van der Waals surface area (Å²) in [7, 11) is 1.87. The van der Waals surface area contributed by atoms with Crippen LogP contribution in [0.1, 0.15) is 40.9 Å². The summed E-state index contributed by atoms with van der Waals surface area (Å²) in [6, 6.07) is 15.9. The Labute approximate surface area is 126 Å². The Morgan fingerprint density at radius 3 is 2.43 bits per heavy atom. The number of carbonyl (C=O) groups is 1. The van der Waals surface area contributed by atoms with E-state index in [9.17, 15) is 4.79 Å². The van der Waals surface area contributed by atoms with E-state index in [0.717, 1.165) is 28.8 Å². The summed E-state index contributed by atoms with van der Waals surface area (Å²) in [6.45, 7) is 4.04. The minimum atomic E-state index is -0.0224. The quantitative estimate of drug-likeness (QED) is 0.872. The molecule has 0 radical (unpaired) electrons. The van der Waals surface area contributed by atoms with Crippen LogP contribution in [0.4, 0.5) is 5.69 Å². The Balaban J connectivity index is 2.17. The van der Waals surface area contributed by atoms with Crippen LogP contribution in [0.3, 0.4) is 0 Å². The lowest BCUT2D eigenvalue weighted by atomic mass is 10.0. The fourth-order valence-electron chi connectivity index (χ4n) is 2.42. The second-order valence-electron chi connectivity index (χ2n) is 5.12. The van der Waals surface area contributed by atoms with Crippen molar-refractivity contribution in [1.29, 1.82) is 0 Å². The van der Waals surface area contributed by atoms with E-state index in [2.05, 4.69) is 17.6 Å². The average molecular weight is 282 g/mol. The Kier molecular flexibility index (Phi) is 4.99. The first-order valence-corrected chi connectivity index (χ1v) is 7.30. The molecule has 0 aromatic heterocycles. The maximum atomic E-state index is 12.5. The molecule has 2 aromatic carbocycles. The van der Waals surface area contributed by atoms with Crippen molar-refractivity contribution >= 4 is 11.6 Å². The Morgan fingerprint density at radius 2 is 1.86 bits per heavy atom. The number of amides is 1. The van der Waals surface area contributed by atoms with Crippen LogP contribution in [0.5, 0.6) is 0 Å². The molecular weight excluding hydrogens is 260 g/mol. The smallest absolute Gasteiger partial charge is 0.252 e. The van der Waals surface area contributed by atoms with Gasteiger partial charge in [0.1, 0.15) is 0 Å². The maximum absolute atomic E-state index is 12.5. The van der Waals surface area contributed by atoms with Crippen molar-refractivity contribution in [3.05, 3.63) is 65.2 Å². The first-order valence-electron chi connectivity index (χ1n) is 7.30. The van der Waals surface area contributed by atoms with Crippen LogP contribution in [0.25, 0.3) is 0 Å². The van der Waals surface area contributed by atoms with Crippen LogP contribution in [-0.2, 0) is 0 Å². The summed E-state index contributed by atoms with van der Waals surface area (Å²) in [5.74, 6) is -0.0224. The number of aryl methyl sites for hydroxylation is 1. The molecule has 0 saturated heterocycles. The van der Waals surface area contributed by atoms with E-state index >= 15 is 0 Å². The second kappa shape index (κ2) is 6.93. The fraction of sp³-hybridized carbons (Fsp3) is 0.278. The van der Waals surface area contributed by atoms with Gasteiger partial charge < -0.3 is 10.6 Å². The maximum Gasteiger partial charge on any atom is 0.252 e. The Hall–Kier alpha value is -2.29. The van der Waals surface area contributed by atoms with Crippen LogP contribution in [0, 0.1) is 6.92 Å². The lowest BCUT2D eigenvalue weighted by molar-refractivity contribution is 0.0935. The molecule has 2 aromatic rings. The van der Waals surface area contributed by atoms with Gasteiger partial charge in [-0.2, -0.15) is 0 Å². The summed E-state index contributed by atoms with van der Waals surface area (Å²) < 4.78 is 0. The first-order chi connectivity index (χ1) is 10.2. The number of hydrogen-bond acceptors (Lipinski definition) is 2. The van der Waals surface area contributed by atoms with Gasteiger partial charge in [0.05, 0.1) is 6.04 Å². The Morgan fingerprint density at radius 1 is 1.14 bits per heavy atom. The van der Waals surface area contributed by atoms with Gasteiger partial charge in [-0.1, -0.05) is 37.3 Å². The third-order valence-corrected chi connectivity index (χ3v) is 3.68. The van der Waals surface area contributed by atoms with Crippen LogP contribution < -0.4 is 10.6 Å². The van der Waals surface area contributed by atoms with Gasteiger partial charge in [0.15, 0.2) is 0 Å². The van der Waals surface area contributed by atoms with Crippen LogP contribution in [0.2, 0.25) is 0 Å². The van der Waals surface area contributed by atoms with Crippen molar-refractivity contribution in [3.63, 3.8) is 0 Å². The van der Waals surface area contributed by atoms with Gasteiger partial charge in [0, 0.05) is 18.3 Å². The SMILES string of the molecule is CCC(NC(=O)c1ccc(NC)cc1C)c1ccccc1. The lowest BCUT2D eigenvalue weighted by Gasteiger charge is -2.18. The number of hydrogen-bond donors (Lipinski definition) is 2. The molecule has 0 heterocycles. The molecular formula is C18H22N2O. The molecule has 0 aliphatic carbocycles. The first kappa shape index (κ1) is 15.1. The molecule has 110 valence electrons. The van der Waals surface area contributed by atoms with E-state index < -0.39 is 0 Å². The van der Waals surface area contributed by atoms with Crippen LogP contribution >= 0.6 is 0 Å². The van der Waals surface area contributed by atoms with Crippen molar-refractivity contribution in [2.24, 2.45) is 0 Å². The highest BCUT2D eigenvalue weighted by atomic mass is 16.1. The summed E-state index contributed by atoms with van der Waals surface area (Å²) in [4.78, 5) is 12.5. The molecule has 1 atom stereocenters. The number of anilines is 1. The molecule has 3 nitrogen and oxygen atoms in total. The third kappa shape index (κ3) is 3.63. The van der Waals surface area contributed by atoms with E-state index in [-0.39, 0.29) is 11.9 Å². The molecule has 0 spiro atoms. The van der Waals surface area contributed by atoms with E-state index in [1.807, 2.05) is 62.5 Å². The predicted molar refractivity (Wildman–Crippen MR) is 87.7 cm³/mol. The van der Waals surface area contributed by atoms with Crippen molar-refractivity contribution in [1.82, 2.24) is 5.32 Å². The highest BCUT2D eigenvalue weighted by molar-refractivity contribution is 5.96. The highest BCUT2D eigenvalue weighted by Crippen LogP contribution is 2.19. The summed E-state index contributed by atoms with van der Waals surface area (Å²) in [5, 5.41) is 6.20. The van der Waals surface area contributed by atoms with Gasteiger partial charge >= 0.3 is 0 Å². The molecule has 0 saturated carbocycles. The van der Waals surface area contributed by atoms with Gasteiger partial charge in [-0.05, 0) is 42.7 Å². The van der Waals surface area contributed by atoms with E-state index in [0.29, 0.717) is 0 Å². The lowest BCUT2D eigenvalue weighted by Crippen LogP contribution is -2.28. The number of benzene rings is 2. The predicted octanol–water partition coefficient (Wildman–Crippen LogP) is 3.92. The van der Waals surface area contributed by atoms with E-state index in [1.165, 1.54) is 0 Å². The number of nitrogens with one attached hydrogen (secondary N) is 2.